The largest absolute Gasteiger partial charge is 0.480 e. The second kappa shape index (κ2) is 7.39. The zero-order chi connectivity index (χ0) is 20.6. The van der Waals surface area contributed by atoms with Gasteiger partial charge in [0.25, 0.3) is 0 Å². The predicted octanol–water partition coefficient (Wildman–Crippen LogP) is 4.27. The second-order valence-corrected chi connectivity index (χ2v) is 7.93. The molecule has 0 saturated heterocycles. The summed E-state index contributed by atoms with van der Waals surface area (Å²) in [6.07, 6.45) is 2.82. The Balaban J connectivity index is 1.76. The minimum absolute atomic E-state index is 0.0488. The lowest BCUT2D eigenvalue weighted by atomic mass is 9.70. The molecular formula is C24H26N2O3. The van der Waals surface area contributed by atoms with Gasteiger partial charge in [-0.3, -0.25) is 9.59 Å². The van der Waals surface area contributed by atoms with Gasteiger partial charge in [-0.15, -0.1) is 0 Å². The molecule has 1 N–H and O–H groups in total. The van der Waals surface area contributed by atoms with E-state index in [9.17, 15) is 14.7 Å². The molecule has 1 aliphatic rings. The minimum atomic E-state index is -0.847. The van der Waals surface area contributed by atoms with Crippen LogP contribution in [-0.2, 0) is 29.0 Å². The Morgan fingerprint density at radius 2 is 1.79 bits per heavy atom. The van der Waals surface area contributed by atoms with E-state index in [1.165, 1.54) is 0 Å². The van der Waals surface area contributed by atoms with E-state index in [-0.39, 0.29) is 12.5 Å². The molecule has 29 heavy (non-hydrogen) atoms. The molecule has 1 unspecified atom stereocenters. The van der Waals surface area contributed by atoms with Crippen molar-refractivity contribution in [2.24, 2.45) is 5.41 Å². The number of aliphatic carboxylic acids is 1. The van der Waals surface area contributed by atoms with E-state index >= 15 is 0 Å². The normalized spacial score (nSPS) is 18.4. The van der Waals surface area contributed by atoms with E-state index in [0.717, 1.165) is 40.7 Å². The number of rotatable bonds is 5. The molecule has 0 spiro atoms. The lowest BCUT2D eigenvalue weighted by Gasteiger charge is -2.38. The third kappa shape index (κ3) is 3.20. The van der Waals surface area contributed by atoms with E-state index in [4.69, 9.17) is 0 Å². The van der Waals surface area contributed by atoms with Crippen molar-refractivity contribution in [2.45, 2.75) is 39.2 Å². The van der Waals surface area contributed by atoms with Gasteiger partial charge in [-0.2, -0.15) is 0 Å². The smallest absolute Gasteiger partial charge is 0.323 e. The maximum absolute atomic E-state index is 13.6. The zero-order valence-corrected chi connectivity index (χ0v) is 16.9. The van der Waals surface area contributed by atoms with Crippen LogP contribution in [0.2, 0.25) is 0 Å². The fourth-order valence-electron chi connectivity index (χ4n) is 4.77. The first kappa shape index (κ1) is 19.2. The molecule has 1 amide bonds. The highest BCUT2D eigenvalue weighted by atomic mass is 16.4. The van der Waals surface area contributed by atoms with E-state index in [2.05, 4.69) is 6.92 Å². The maximum Gasteiger partial charge on any atom is 0.323 e. The molecule has 4 rings (SSSR count). The van der Waals surface area contributed by atoms with Gasteiger partial charge in [0.2, 0.25) is 5.91 Å². The Labute approximate surface area is 170 Å². The summed E-state index contributed by atoms with van der Waals surface area (Å²) in [5, 5.41) is 10.5. The van der Waals surface area contributed by atoms with Crippen molar-refractivity contribution in [3.63, 3.8) is 0 Å². The number of carboxylic acids is 1. The van der Waals surface area contributed by atoms with Crippen LogP contribution in [-0.4, -0.2) is 28.6 Å². The van der Waals surface area contributed by atoms with Gasteiger partial charge in [-0.05, 0) is 49.4 Å². The van der Waals surface area contributed by atoms with Crippen LogP contribution in [0.5, 0.6) is 0 Å². The average molecular weight is 390 g/mol. The van der Waals surface area contributed by atoms with Gasteiger partial charge in [0, 0.05) is 29.3 Å². The van der Waals surface area contributed by atoms with Crippen molar-refractivity contribution >= 4 is 28.5 Å². The number of aromatic nitrogens is 1. The standard InChI is InChI=1S/C24H26N2O3/c1-3-24(23(29)25(2)17-9-5-4-6-10-17)14-13-21-19(15-24)18-11-7-8-12-20(18)26(21)16-22(27)28/h4-12H,3,13-16H2,1-2H3,(H,27,28). The quantitative estimate of drug-likeness (QED) is 0.707. The van der Waals surface area contributed by atoms with Crippen LogP contribution < -0.4 is 4.90 Å². The number of para-hydroxylation sites is 2. The molecular weight excluding hydrogens is 364 g/mol. The summed E-state index contributed by atoms with van der Waals surface area (Å²) in [6, 6.07) is 17.7. The molecule has 5 nitrogen and oxygen atoms in total. The monoisotopic (exact) mass is 390 g/mol. The molecule has 0 bridgehead atoms. The molecule has 0 saturated carbocycles. The van der Waals surface area contributed by atoms with E-state index in [1.807, 2.05) is 66.2 Å². The Morgan fingerprint density at radius 3 is 2.48 bits per heavy atom. The lowest BCUT2D eigenvalue weighted by Crippen LogP contribution is -2.45. The van der Waals surface area contributed by atoms with Crippen LogP contribution in [0.3, 0.4) is 0 Å². The van der Waals surface area contributed by atoms with Gasteiger partial charge in [0.1, 0.15) is 6.54 Å². The van der Waals surface area contributed by atoms with Crippen molar-refractivity contribution in [3.8, 4) is 0 Å². The number of nitrogens with zero attached hydrogens (tertiary/aromatic N) is 2. The number of carbonyl (C=O) groups excluding carboxylic acids is 1. The highest BCUT2D eigenvalue weighted by molar-refractivity contribution is 5.98. The van der Waals surface area contributed by atoms with Crippen molar-refractivity contribution in [2.75, 3.05) is 11.9 Å². The molecule has 1 atom stereocenters. The SMILES string of the molecule is CCC1(C(=O)N(C)c2ccccc2)CCc2c(c3ccccc3n2CC(=O)O)C1. The lowest BCUT2D eigenvalue weighted by molar-refractivity contribution is -0.137. The van der Waals surface area contributed by atoms with Gasteiger partial charge in [0.05, 0.1) is 5.41 Å². The van der Waals surface area contributed by atoms with E-state index in [1.54, 1.807) is 4.90 Å². The molecule has 150 valence electrons. The molecule has 5 heteroatoms. The van der Waals surface area contributed by atoms with Gasteiger partial charge in [-0.25, -0.2) is 0 Å². The fraction of sp³-hybridized carbons (Fsp3) is 0.333. The average Bonchev–Trinajstić information content (AvgIpc) is 3.05. The summed E-state index contributed by atoms with van der Waals surface area (Å²) in [7, 11) is 1.85. The topological polar surface area (TPSA) is 62.5 Å². The summed E-state index contributed by atoms with van der Waals surface area (Å²) in [5.74, 6) is -0.715. The number of hydrogen-bond donors (Lipinski definition) is 1. The van der Waals surface area contributed by atoms with Gasteiger partial charge in [-0.1, -0.05) is 43.3 Å². The van der Waals surface area contributed by atoms with Crippen molar-refractivity contribution < 1.29 is 14.7 Å². The summed E-state index contributed by atoms with van der Waals surface area (Å²) in [6.45, 7) is 2.03. The minimum Gasteiger partial charge on any atom is -0.480 e. The Morgan fingerprint density at radius 1 is 1.10 bits per heavy atom. The molecule has 2 aromatic carbocycles. The first-order chi connectivity index (χ1) is 14.0. The molecule has 0 aliphatic heterocycles. The molecule has 1 heterocycles. The molecule has 1 aliphatic carbocycles. The third-order valence-corrected chi connectivity index (χ3v) is 6.42. The third-order valence-electron chi connectivity index (χ3n) is 6.42. The molecule has 0 fully saturated rings. The maximum atomic E-state index is 13.6. The van der Waals surface area contributed by atoms with Gasteiger partial charge in [0.15, 0.2) is 0 Å². The second-order valence-electron chi connectivity index (χ2n) is 7.93. The summed E-state index contributed by atoms with van der Waals surface area (Å²) in [5.41, 5.74) is 3.55. The Kier molecular flexibility index (Phi) is 4.91. The summed E-state index contributed by atoms with van der Waals surface area (Å²) < 4.78 is 1.91. The highest BCUT2D eigenvalue weighted by Gasteiger charge is 2.43. The predicted molar refractivity (Wildman–Crippen MR) is 114 cm³/mol. The fourth-order valence-corrected chi connectivity index (χ4v) is 4.77. The van der Waals surface area contributed by atoms with E-state index < -0.39 is 11.4 Å². The van der Waals surface area contributed by atoms with E-state index in [0.29, 0.717) is 12.8 Å². The first-order valence-electron chi connectivity index (χ1n) is 10.1. The van der Waals surface area contributed by atoms with Crippen LogP contribution >= 0.6 is 0 Å². The zero-order valence-electron chi connectivity index (χ0n) is 16.9. The number of carbonyl (C=O) groups is 2. The number of benzene rings is 2. The highest BCUT2D eigenvalue weighted by Crippen LogP contribution is 2.44. The van der Waals surface area contributed by atoms with Gasteiger partial charge >= 0.3 is 5.97 Å². The molecule has 0 radical (unpaired) electrons. The number of fused-ring (bicyclic) bond motifs is 3. The van der Waals surface area contributed by atoms with Gasteiger partial charge < -0.3 is 14.6 Å². The molecule has 3 aromatic rings. The van der Waals surface area contributed by atoms with Crippen molar-refractivity contribution in [3.05, 3.63) is 65.9 Å². The van der Waals surface area contributed by atoms with Crippen LogP contribution in [0, 0.1) is 5.41 Å². The summed E-state index contributed by atoms with van der Waals surface area (Å²) >= 11 is 0. The van der Waals surface area contributed by atoms with Crippen LogP contribution in [0.4, 0.5) is 5.69 Å². The first-order valence-corrected chi connectivity index (χ1v) is 10.1. The van der Waals surface area contributed by atoms with Crippen LogP contribution in [0.15, 0.2) is 54.6 Å². The number of carboxylic acid groups (broad SMARTS) is 1. The Bertz CT molecular complexity index is 1070. The van der Waals surface area contributed by atoms with Crippen molar-refractivity contribution in [1.29, 1.82) is 0 Å². The summed E-state index contributed by atoms with van der Waals surface area (Å²) in [4.78, 5) is 26.8. The van der Waals surface area contributed by atoms with Crippen molar-refractivity contribution in [1.82, 2.24) is 4.57 Å². The number of amides is 1. The Hall–Kier alpha value is -3.08. The molecule has 1 aromatic heterocycles. The van der Waals surface area contributed by atoms with Crippen LogP contribution in [0.1, 0.15) is 31.0 Å². The number of hydrogen-bond acceptors (Lipinski definition) is 2. The number of anilines is 1. The van der Waals surface area contributed by atoms with Crippen LogP contribution in [0.25, 0.3) is 10.9 Å².